The lowest BCUT2D eigenvalue weighted by molar-refractivity contribution is -0.585. The maximum Gasteiger partial charge on any atom is 0.274 e. The van der Waals surface area contributed by atoms with Crippen LogP contribution in [0.25, 0.3) is 0 Å². The van der Waals surface area contributed by atoms with Crippen LogP contribution < -0.4 is 0 Å². The number of ether oxygens (including phenoxy) is 1. The van der Waals surface area contributed by atoms with Crippen molar-refractivity contribution in [1.29, 1.82) is 0 Å². The Bertz CT molecular complexity index is 383. The van der Waals surface area contributed by atoms with Gasteiger partial charge < -0.3 is 9.64 Å². The predicted octanol–water partition coefficient (Wildman–Crippen LogP) is 2.12. The zero-order chi connectivity index (χ0) is 14.7. The summed E-state index contributed by atoms with van der Waals surface area (Å²) in [6.45, 7) is 6.85. The van der Waals surface area contributed by atoms with Crippen LogP contribution in [0.1, 0.15) is 20.8 Å². The summed E-state index contributed by atoms with van der Waals surface area (Å²) in [5.74, 6) is 0. The molecule has 2 atom stereocenters. The summed E-state index contributed by atoms with van der Waals surface area (Å²) < 4.78 is 5.78. The summed E-state index contributed by atoms with van der Waals surface area (Å²) >= 11 is 0. The highest BCUT2D eigenvalue weighted by Crippen LogP contribution is 2.40. The first-order valence-electron chi connectivity index (χ1n) is 6.48. The molecule has 2 unspecified atom stereocenters. The van der Waals surface area contributed by atoms with Gasteiger partial charge in [-0.1, -0.05) is 32.9 Å². The van der Waals surface area contributed by atoms with Gasteiger partial charge in [-0.05, 0) is 26.2 Å². The highest BCUT2D eigenvalue weighted by atomic mass is 16.6. The lowest BCUT2D eigenvalue weighted by atomic mass is 9.69. The maximum atomic E-state index is 11.7. The molecule has 0 amide bonds. The molecule has 0 bridgehead atoms. The van der Waals surface area contributed by atoms with Gasteiger partial charge >= 0.3 is 0 Å². The molecule has 1 rings (SSSR count). The van der Waals surface area contributed by atoms with Gasteiger partial charge in [0, 0.05) is 16.9 Å². The van der Waals surface area contributed by atoms with Crippen LogP contribution in [0.4, 0.5) is 0 Å². The molecule has 0 heterocycles. The fraction of sp³-hybridized carbons (Fsp3) is 0.714. The van der Waals surface area contributed by atoms with Crippen molar-refractivity contribution in [2.45, 2.75) is 32.4 Å². The number of rotatable bonds is 5. The minimum atomic E-state index is -1.21. The predicted molar refractivity (Wildman–Crippen MR) is 75.8 cm³/mol. The maximum absolute atomic E-state index is 11.7. The fourth-order valence-electron chi connectivity index (χ4n) is 2.27. The summed E-state index contributed by atoms with van der Waals surface area (Å²) in [7, 11) is 3.90. The summed E-state index contributed by atoms with van der Waals surface area (Å²) in [6.07, 6.45) is 6.46. The van der Waals surface area contributed by atoms with Gasteiger partial charge in [-0.3, -0.25) is 10.1 Å². The van der Waals surface area contributed by atoms with Crippen molar-refractivity contribution in [3.05, 3.63) is 34.4 Å². The molecule has 0 aromatic rings. The van der Waals surface area contributed by atoms with Crippen molar-refractivity contribution < 1.29 is 9.66 Å². The van der Waals surface area contributed by atoms with Crippen molar-refractivity contribution in [1.82, 2.24) is 4.90 Å². The Kier molecular flexibility index (Phi) is 4.87. The van der Waals surface area contributed by atoms with Crippen molar-refractivity contribution in [3.63, 3.8) is 0 Å². The van der Waals surface area contributed by atoms with Crippen LogP contribution >= 0.6 is 0 Å². The van der Waals surface area contributed by atoms with Gasteiger partial charge in [0.05, 0.1) is 6.61 Å². The van der Waals surface area contributed by atoms with E-state index >= 15 is 0 Å². The monoisotopic (exact) mass is 268 g/mol. The molecule has 0 fully saturated rings. The average Bonchev–Trinajstić information content (AvgIpc) is 2.27. The Hall–Kier alpha value is -1.20. The van der Waals surface area contributed by atoms with Gasteiger partial charge in [-0.15, -0.1) is 0 Å². The van der Waals surface area contributed by atoms with Gasteiger partial charge in [0.1, 0.15) is 0 Å². The number of hydrogen-bond donors (Lipinski definition) is 0. The molecule has 1 aliphatic carbocycles. The van der Waals surface area contributed by atoms with E-state index in [-0.39, 0.29) is 4.92 Å². The lowest BCUT2D eigenvalue weighted by Crippen LogP contribution is -2.58. The normalized spacial score (nSPS) is 26.9. The van der Waals surface area contributed by atoms with Crippen LogP contribution in [0.15, 0.2) is 24.3 Å². The quantitative estimate of drug-likeness (QED) is 0.566. The number of nitrogens with zero attached hydrogens (tertiary/aromatic N) is 2. The standard InChI is InChI=1S/C14H24N2O3/c1-13(2,3)14(16(17)18)9-7-6-8-12(14)19-11-10-15(4)5/h6-9,12H,10-11H2,1-5H3. The minimum Gasteiger partial charge on any atom is -0.365 e. The van der Waals surface area contributed by atoms with Gasteiger partial charge in [-0.2, -0.15) is 0 Å². The van der Waals surface area contributed by atoms with E-state index in [1.165, 1.54) is 0 Å². The highest BCUT2D eigenvalue weighted by Gasteiger charge is 2.58. The Morgan fingerprint density at radius 3 is 2.47 bits per heavy atom. The molecule has 5 nitrogen and oxygen atoms in total. The third-order valence-corrected chi connectivity index (χ3v) is 3.52. The smallest absolute Gasteiger partial charge is 0.274 e. The molecule has 5 heteroatoms. The third-order valence-electron chi connectivity index (χ3n) is 3.52. The van der Waals surface area contributed by atoms with Crippen LogP contribution in [-0.2, 0) is 4.74 Å². The molecule has 0 aromatic heterocycles. The molecule has 0 aliphatic heterocycles. The summed E-state index contributed by atoms with van der Waals surface area (Å²) in [5.41, 5.74) is -1.74. The highest BCUT2D eigenvalue weighted by molar-refractivity contribution is 5.26. The minimum absolute atomic E-state index is 0.215. The van der Waals surface area contributed by atoms with Crippen LogP contribution in [0.2, 0.25) is 0 Å². The summed E-state index contributed by atoms with van der Waals surface area (Å²) in [4.78, 5) is 13.4. The molecule has 1 aliphatic rings. The van der Waals surface area contributed by atoms with Gasteiger partial charge in [0.25, 0.3) is 5.54 Å². The molecular formula is C14H24N2O3. The van der Waals surface area contributed by atoms with E-state index in [4.69, 9.17) is 4.74 Å². The van der Waals surface area contributed by atoms with E-state index in [2.05, 4.69) is 0 Å². The van der Waals surface area contributed by atoms with Crippen molar-refractivity contribution >= 4 is 0 Å². The van der Waals surface area contributed by atoms with Gasteiger partial charge in [-0.25, -0.2) is 0 Å². The zero-order valence-corrected chi connectivity index (χ0v) is 12.4. The van der Waals surface area contributed by atoms with Crippen LogP contribution in [0.5, 0.6) is 0 Å². The van der Waals surface area contributed by atoms with E-state index in [0.29, 0.717) is 6.61 Å². The molecule has 0 aromatic carbocycles. The van der Waals surface area contributed by atoms with Crippen molar-refractivity contribution in [2.24, 2.45) is 5.41 Å². The molecule has 0 saturated carbocycles. The van der Waals surface area contributed by atoms with Crippen LogP contribution in [0, 0.1) is 15.5 Å². The van der Waals surface area contributed by atoms with E-state index in [1.807, 2.05) is 45.8 Å². The fourth-order valence-corrected chi connectivity index (χ4v) is 2.27. The van der Waals surface area contributed by atoms with E-state index in [1.54, 1.807) is 18.2 Å². The number of nitro groups is 1. The molecule has 108 valence electrons. The third kappa shape index (κ3) is 3.22. The first kappa shape index (κ1) is 15.9. The molecule has 0 spiro atoms. The average molecular weight is 268 g/mol. The Balaban J connectivity index is 2.96. The molecule has 0 saturated heterocycles. The number of allylic oxidation sites excluding steroid dienone is 2. The number of hydrogen-bond acceptors (Lipinski definition) is 4. The second-order valence-electron chi connectivity index (χ2n) is 6.17. The first-order chi connectivity index (χ1) is 8.72. The number of likely N-dealkylation sites (N-methyl/N-ethyl adjacent to an activating group) is 1. The van der Waals surface area contributed by atoms with Crippen LogP contribution in [-0.4, -0.2) is 48.7 Å². The first-order valence-corrected chi connectivity index (χ1v) is 6.48. The molecular weight excluding hydrogens is 244 g/mol. The second-order valence-corrected chi connectivity index (χ2v) is 6.17. The topological polar surface area (TPSA) is 55.6 Å². The Morgan fingerprint density at radius 1 is 1.37 bits per heavy atom. The van der Waals surface area contributed by atoms with Crippen molar-refractivity contribution in [2.75, 3.05) is 27.2 Å². The SMILES string of the molecule is CN(C)CCOC1C=CC=CC1([N+](=O)[O-])C(C)(C)C. The summed E-state index contributed by atoms with van der Waals surface area (Å²) in [5, 5.41) is 11.7. The summed E-state index contributed by atoms with van der Waals surface area (Å²) in [6, 6.07) is 0. The second kappa shape index (κ2) is 5.84. The van der Waals surface area contributed by atoms with Gasteiger partial charge in [0.2, 0.25) is 0 Å². The molecule has 0 radical (unpaired) electrons. The largest absolute Gasteiger partial charge is 0.365 e. The van der Waals surface area contributed by atoms with E-state index in [0.717, 1.165) is 6.54 Å². The lowest BCUT2D eigenvalue weighted by Gasteiger charge is -2.39. The van der Waals surface area contributed by atoms with Crippen molar-refractivity contribution in [3.8, 4) is 0 Å². The van der Waals surface area contributed by atoms with E-state index in [9.17, 15) is 10.1 Å². The molecule has 19 heavy (non-hydrogen) atoms. The molecule has 0 N–H and O–H groups in total. The Labute approximate surface area is 115 Å². The van der Waals surface area contributed by atoms with Gasteiger partial charge in [0.15, 0.2) is 6.10 Å². The van der Waals surface area contributed by atoms with Crippen LogP contribution in [0.3, 0.4) is 0 Å². The Morgan fingerprint density at radius 2 is 2.00 bits per heavy atom. The zero-order valence-electron chi connectivity index (χ0n) is 12.4. The van der Waals surface area contributed by atoms with E-state index < -0.39 is 17.1 Å².